The molecule has 98 valence electrons. The van der Waals surface area contributed by atoms with Crippen LogP contribution in [0.5, 0.6) is 0 Å². The van der Waals surface area contributed by atoms with E-state index >= 15 is 0 Å². The largest absolute Gasteiger partial charge is 0.416 e. The van der Waals surface area contributed by atoms with Gasteiger partial charge in [-0.05, 0) is 36.0 Å². The van der Waals surface area contributed by atoms with Crippen LogP contribution in [0.1, 0.15) is 54.6 Å². The van der Waals surface area contributed by atoms with Crippen molar-refractivity contribution in [3.8, 4) is 0 Å². The number of benzene rings is 1. The van der Waals surface area contributed by atoms with E-state index in [1.165, 1.54) is 6.07 Å². The van der Waals surface area contributed by atoms with Crippen LogP contribution >= 0.6 is 0 Å². The van der Waals surface area contributed by atoms with Crippen molar-refractivity contribution >= 4 is 5.78 Å². The normalized spacial score (nSPS) is 23.9. The van der Waals surface area contributed by atoms with E-state index < -0.39 is 11.7 Å². The molecule has 0 bridgehead atoms. The van der Waals surface area contributed by atoms with Crippen LogP contribution < -0.4 is 0 Å². The molecule has 0 fully saturated rings. The van der Waals surface area contributed by atoms with E-state index in [-0.39, 0.29) is 16.8 Å². The summed E-state index contributed by atoms with van der Waals surface area (Å²) in [5, 5.41) is 0. The van der Waals surface area contributed by atoms with Gasteiger partial charge >= 0.3 is 6.18 Å². The van der Waals surface area contributed by atoms with Crippen molar-refractivity contribution in [3.05, 3.63) is 34.9 Å². The van der Waals surface area contributed by atoms with E-state index in [1.807, 2.05) is 13.8 Å². The summed E-state index contributed by atoms with van der Waals surface area (Å²) >= 11 is 0. The van der Waals surface area contributed by atoms with E-state index in [4.69, 9.17) is 0 Å². The van der Waals surface area contributed by atoms with Gasteiger partial charge in [-0.3, -0.25) is 4.79 Å². The van der Waals surface area contributed by atoms with Crippen molar-refractivity contribution in [2.75, 3.05) is 0 Å². The molecule has 1 aliphatic carbocycles. The Bertz CT molecular complexity index is 490. The number of halogens is 3. The predicted molar refractivity (Wildman–Crippen MR) is 62.7 cm³/mol. The maximum Gasteiger partial charge on any atom is 0.416 e. The number of hydrogen-bond donors (Lipinski definition) is 0. The monoisotopic (exact) mass is 256 g/mol. The zero-order valence-corrected chi connectivity index (χ0v) is 10.4. The Kier molecular flexibility index (Phi) is 2.99. The minimum Gasteiger partial charge on any atom is -0.294 e. The number of carbonyl (C=O) groups is 1. The SMILES string of the molecule is CC[C@]1(C)CCC(=O)c2cc(C(F)(F)F)ccc21. The molecule has 1 aromatic rings. The highest BCUT2D eigenvalue weighted by atomic mass is 19.4. The zero-order chi connectivity index (χ0) is 13.6. The smallest absolute Gasteiger partial charge is 0.294 e. The third-order valence-corrected chi connectivity index (χ3v) is 3.98. The van der Waals surface area contributed by atoms with Gasteiger partial charge in [0.05, 0.1) is 5.56 Å². The molecule has 1 nitrogen and oxygen atoms in total. The molecule has 0 saturated carbocycles. The summed E-state index contributed by atoms with van der Waals surface area (Å²) in [6, 6.07) is 3.55. The fourth-order valence-electron chi connectivity index (χ4n) is 2.50. The second kappa shape index (κ2) is 4.11. The van der Waals surface area contributed by atoms with Gasteiger partial charge in [0.15, 0.2) is 5.78 Å². The summed E-state index contributed by atoms with van der Waals surface area (Å²) < 4.78 is 37.9. The van der Waals surface area contributed by atoms with E-state index in [0.29, 0.717) is 12.8 Å². The first kappa shape index (κ1) is 13.1. The van der Waals surface area contributed by atoms with Gasteiger partial charge in [0.2, 0.25) is 0 Å². The van der Waals surface area contributed by atoms with Crippen molar-refractivity contribution in [1.82, 2.24) is 0 Å². The Morgan fingerprint density at radius 1 is 1.33 bits per heavy atom. The lowest BCUT2D eigenvalue weighted by atomic mass is 9.69. The lowest BCUT2D eigenvalue weighted by Gasteiger charge is -2.34. The fraction of sp³-hybridized carbons (Fsp3) is 0.500. The molecule has 2 rings (SSSR count). The highest BCUT2D eigenvalue weighted by molar-refractivity contribution is 5.99. The van der Waals surface area contributed by atoms with Crippen LogP contribution in [0.2, 0.25) is 0 Å². The van der Waals surface area contributed by atoms with E-state index in [9.17, 15) is 18.0 Å². The maximum absolute atomic E-state index is 12.6. The number of hydrogen-bond acceptors (Lipinski definition) is 1. The van der Waals surface area contributed by atoms with Gasteiger partial charge in [-0.15, -0.1) is 0 Å². The molecule has 1 aliphatic rings. The van der Waals surface area contributed by atoms with Crippen LogP contribution in [0.25, 0.3) is 0 Å². The van der Waals surface area contributed by atoms with Crippen LogP contribution in [0.4, 0.5) is 13.2 Å². The topological polar surface area (TPSA) is 17.1 Å². The summed E-state index contributed by atoms with van der Waals surface area (Å²) in [6.45, 7) is 4.00. The molecule has 0 aromatic heterocycles. The molecule has 1 aromatic carbocycles. The van der Waals surface area contributed by atoms with Gasteiger partial charge < -0.3 is 0 Å². The molecule has 0 saturated heterocycles. The molecule has 0 spiro atoms. The lowest BCUT2D eigenvalue weighted by Crippen LogP contribution is -2.30. The number of alkyl halides is 3. The van der Waals surface area contributed by atoms with E-state index in [0.717, 1.165) is 24.1 Å². The fourth-order valence-corrected chi connectivity index (χ4v) is 2.50. The molecule has 18 heavy (non-hydrogen) atoms. The summed E-state index contributed by atoms with van der Waals surface area (Å²) in [5.41, 5.74) is 0.0810. The number of Topliss-reactive ketones (excluding diaryl/α,β-unsaturated/α-hetero) is 1. The summed E-state index contributed by atoms with van der Waals surface area (Å²) in [7, 11) is 0. The number of rotatable bonds is 1. The van der Waals surface area contributed by atoms with Crippen LogP contribution in [0, 0.1) is 0 Å². The molecule has 0 amide bonds. The molecular formula is C14H15F3O. The maximum atomic E-state index is 12.6. The standard InChI is InChI=1S/C14H15F3O/c1-3-13(2)7-6-12(18)10-8-9(14(15,16)17)4-5-11(10)13/h4-5,8H,3,6-7H2,1-2H3/t13-/m1/s1. The van der Waals surface area contributed by atoms with Gasteiger partial charge in [0.1, 0.15) is 0 Å². The van der Waals surface area contributed by atoms with Crippen molar-refractivity contribution < 1.29 is 18.0 Å². The molecule has 0 heterocycles. The summed E-state index contributed by atoms with van der Waals surface area (Å²) in [6.07, 6.45) is -2.53. The molecule has 0 unspecified atom stereocenters. The van der Waals surface area contributed by atoms with Crippen LogP contribution in [-0.2, 0) is 11.6 Å². The number of ketones is 1. The summed E-state index contributed by atoms with van der Waals surface area (Å²) in [5.74, 6) is -0.179. The molecule has 0 N–H and O–H groups in total. The Morgan fingerprint density at radius 2 is 2.00 bits per heavy atom. The average Bonchev–Trinajstić information content (AvgIpc) is 2.33. The molecular weight excluding hydrogens is 241 g/mol. The predicted octanol–water partition coefficient (Wildman–Crippen LogP) is 4.35. The lowest BCUT2D eigenvalue weighted by molar-refractivity contribution is -0.137. The van der Waals surface area contributed by atoms with Gasteiger partial charge in [0.25, 0.3) is 0 Å². The Morgan fingerprint density at radius 3 is 2.56 bits per heavy atom. The van der Waals surface area contributed by atoms with Crippen molar-refractivity contribution in [3.63, 3.8) is 0 Å². The van der Waals surface area contributed by atoms with Crippen molar-refractivity contribution in [1.29, 1.82) is 0 Å². The van der Waals surface area contributed by atoms with Crippen molar-refractivity contribution in [2.24, 2.45) is 0 Å². The second-order valence-electron chi connectivity index (χ2n) is 5.10. The molecule has 0 aliphatic heterocycles. The Balaban J connectivity index is 2.58. The third-order valence-electron chi connectivity index (χ3n) is 3.98. The minimum atomic E-state index is -4.39. The third kappa shape index (κ3) is 2.04. The molecule has 1 atom stereocenters. The average molecular weight is 256 g/mol. The Hall–Kier alpha value is -1.32. The summed E-state index contributed by atoms with van der Waals surface area (Å²) in [4.78, 5) is 11.8. The van der Waals surface area contributed by atoms with E-state index in [2.05, 4.69) is 0 Å². The molecule has 4 heteroatoms. The quantitative estimate of drug-likeness (QED) is 0.730. The molecule has 0 radical (unpaired) electrons. The van der Waals surface area contributed by atoms with E-state index in [1.54, 1.807) is 0 Å². The Labute approximate surface area is 104 Å². The number of fused-ring (bicyclic) bond motifs is 1. The second-order valence-corrected chi connectivity index (χ2v) is 5.10. The van der Waals surface area contributed by atoms with Gasteiger partial charge in [-0.1, -0.05) is 19.9 Å². The van der Waals surface area contributed by atoms with Gasteiger partial charge in [-0.2, -0.15) is 13.2 Å². The van der Waals surface area contributed by atoms with Crippen molar-refractivity contribution in [2.45, 2.75) is 44.7 Å². The van der Waals surface area contributed by atoms with Crippen LogP contribution in [-0.4, -0.2) is 5.78 Å². The highest BCUT2D eigenvalue weighted by Crippen LogP contribution is 2.41. The van der Waals surface area contributed by atoms with Gasteiger partial charge in [0, 0.05) is 12.0 Å². The first-order valence-electron chi connectivity index (χ1n) is 6.03. The number of carbonyl (C=O) groups excluding carboxylic acids is 1. The van der Waals surface area contributed by atoms with Crippen LogP contribution in [0.3, 0.4) is 0 Å². The first-order chi connectivity index (χ1) is 8.28. The van der Waals surface area contributed by atoms with Crippen LogP contribution in [0.15, 0.2) is 18.2 Å². The first-order valence-corrected chi connectivity index (χ1v) is 6.03. The minimum absolute atomic E-state index is 0.179. The highest BCUT2D eigenvalue weighted by Gasteiger charge is 2.37. The zero-order valence-electron chi connectivity index (χ0n) is 10.4. The van der Waals surface area contributed by atoms with Gasteiger partial charge in [-0.25, -0.2) is 0 Å².